The summed E-state index contributed by atoms with van der Waals surface area (Å²) in [5.41, 5.74) is -0.825. The zero-order valence-corrected chi connectivity index (χ0v) is 13.3. The Morgan fingerprint density at radius 2 is 1.60 bits per heavy atom. The molecule has 1 amide bonds. The van der Waals surface area contributed by atoms with Gasteiger partial charge in [0.15, 0.2) is 6.04 Å². The monoisotopic (exact) mass is 351 g/mol. The summed E-state index contributed by atoms with van der Waals surface area (Å²) < 4.78 is 40.6. The van der Waals surface area contributed by atoms with E-state index in [0.29, 0.717) is 4.47 Å². The average molecular weight is 352 g/mol. The van der Waals surface area contributed by atoms with Gasteiger partial charge in [0.05, 0.1) is 0 Å². The minimum atomic E-state index is -4.52. The van der Waals surface area contributed by atoms with Crippen LogP contribution >= 0.6 is 15.9 Å². The van der Waals surface area contributed by atoms with Gasteiger partial charge in [-0.2, -0.15) is 13.2 Å². The maximum absolute atomic E-state index is 13.3. The molecule has 0 heterocycles. The molecule has 6 heteroatoms. The van der Waals surface area contributed by atoms with Gasteiger partial charge >= 0.3 is 6.18 Å². The maximum Gasteiger partial charge on any atom is 0.413 e. The summed E-state index contributed by atoms with van der Waals surface area (Å²) >= 11 is 3.18. The number of rotatable bonds is 2. The first kappa shape index (κ1) is 17.0. The van der Waals surface area contributed by atoms with Crippen LogP contribution in [0, 0.1) is 5.41 Å². The highest BCUT2D eigenvalue weighted by atomic mass is 79.9. The summed E-state index contributed by atoms with van der Waals surface area (Å²) in [4.78, 5) is 12.9. The summed E-state index contributed by atoms with van der Waals surface area (Å²) in [7, 11) is 1.19. The predicted molar refractivity (Wildman–Crippen MR) is 75.2 cm³/mol. The Morgan fingerprint density at radius 3 is 1.95 bits per heavy atom. The number of carbonyl (C=O) groups excluding carboxylic acids is 1. The molecule has 0 N–H and O–H groups in total. The van der Waals surface area contributed by atoms with E-state index in [1.165, 1.54) is 31.3 Å². The smallest absolute Gasteiger partial charge is 0.329 e. The highest BCUT2D eigenvalue weighted by Crippen LogP contribution is 2.39. The van der Waals surface area contributed by atoms with Crippen molar-refractivity contribution in [2.45, 2.75) is 33.0 Å². The molecule has 20 heavy (non-hydrogen) atoms. The molecular weight excluding hydrogens is 335 g/mol. The molecule has 0 unspecified atom stereocenters. The second-order valence-corrected chi connectivity index (χ2v) is 6.58. The van der Waals surface area contributed by atoms with Gasteiger partial charge in [-0.15, -0.1) is 0 Å². The Labute approximate surface area is 125 Å². The van der Waals surface area contributed by atoms with Crippen molar-refractivity contribution in [3.8, 4) is 0 Å². The molecule has 1 atom stereocenters. The van der Waals surface area contributed by atoms with E-state index >= 15 is 0 Å². The van der Waals surface area contributed by atoms with Gasteiger partial charge in [0.1, 0.15) is 0 Å². The molecule has 0 radical (unpaired) electrons. The molecule has 0 aliphatic rings. The molecule has 1 aromatic rings. The standard InChI is InChI=1S/C14H17BrF3NO/c1-13(2,3)12(20)19(4)11(14(16,17)18)9-5-7-10(15)8-6-9/h5-8,11H,1-4H3/t11-/m0/s1. The number of amides is 1. The summed E-state index contributed by atoms with van der Waals surface area (Å²) in [6.45, 7) is 4.79. The highest BCUT2D eigenvalue weighted by molar-refractivity contribution is 9.10. The van der Waals surface area contributed by atoms with E-state index in [0.717, 1.165) is 4.90 Å². The van der Waals surface area contributed by atoms with Gasteiger partial charge in [-0.3, -0.25) is 4.79 Å². The quantitative estimate of drug-likeness (QED) is 0.764. The van der Waals surface area contributed by atoms with Crippen LogP contribution < -0.4 is 0 Å². The van der Waals surface area contributed by atoms with E-state index in [1.54, 1.807) is 20.8 Å². The topological polar surface area (TPSA) is 20.3 Å². The van der Waals surface area contributed by atoms with Gasteiger partial charge in [0.25, 0.3) is 0 Å². The van der Waals surface area contributed by atoms with E-state index in [1.807, 2.05) is 0 Å². The Balaban J connectivity index is 3.21. The molecule has 0 aromatic heterocycles. The first-order valence-electron chi connectivity index (χ1n) is 6.04. The number of carbonyl (C=O) groups is 1. The van der Waals surface area contributed by atoms with Crippen molar-refractivity contribution >= 4 is 21.8 Å². The number of halogens is 4. The van der Waals surface area contributed by atoms with Crippen LogP contribution in [0.15, 0.2) is 28.7 Å². The van der Waals surface area contributed by atoms with Crippen molar-refractivity contribution in [3.63, 3.8) is 0 Å². The van der Waals surface area contributed by atoms with Crippen LogP contribution in [-0.4, -0.2) is 24.0 Å². The lowest BCUT2D eigenvalue weighted by Crippen LogP contribution is -2.44. The summed E-state index contributed by atoms with van der Waals surface area (Å²) in [6, 6.07) is 3.86. The van der Waals surface area contributed by atoms with E-state index in [-0.39, 0.29) is 5.56 Å². The Bertz CT molecular complexity index is 477. The van der Waals surface area contributed by atoms with Gasteiger partial charge in [-0.25, -0.2) is 0 Å². The average Bonchev–Trinajstić information content (AvgIpc) is 2.28. The summed E-state index contributed by atoms with van der Waals surface area (Å²) in [6.07, 6.45) is -4.52. The van der Waals surface area contributed by atoms with Crippen LogP contribution in [0.4, 0.5) is 13.2 Å². The fraction of sp³-hybridized carbons (Fsp3) is 0.500. The first-order chi connectivity index (χ1) is 8.94. The molecule has 0 fully saturated rings. The number of nitrogens with zero attached hydrogens (tertiary/aromatic N) is 1. The maximum atomic E-state index is 13.3. The van der Waals surface area contributed by atoms with Gasteiger partial charge in [-0.1, -0.05) is 48.8 Å². The van der Waals surface area contributed by atoms with Crippen molar-refractivity contribution in [1.82, 2.24) is 4.90 Å². The third-order valence-corrected chi connectivity index (χ3v) is 3.37. The van der Waals surface area contributed by atoms with Crippen molar-refractivity contribution in [1.29, 1.82) is 0 Å². The number of alkyl halides is 3. The van der Waals surface area contributed by atoms with E-state index in [9.17, 15) is 18.0 Å². The van der Waals surface area contributed by atoms with Gasteiger partial charge < -0.3 is 4.90 Å². The van der Waals surface area contributed by atoms with Crippen molar-refractivity contribution in [3.05, 3.63) is 34.3 Å². The van der Waals surface area contributed by atoms with Crippen LogP contribution in [0.5, 0.6) is 0 Å². The van der Waals surface area contributed by atoms with Gasteiger partial charge in [-0.05, 0) is 17.7 Å². The molecule has 112 valence electrons. The second-order valence-electron chi connectivity index (χ2n) is 5.66. The highest BCUT2D eigenvalue weighted by Gasteiger charge is 2.46. The molecule has 0 saturated heterocycles. The minimum absolute atomic E-state index is 0.0424. The van der Waals surface area contributed by atoms with Crippen LogP contribution in [0.2, 0.25) is 0 Å². The van der Waals surface area contributed by atoms with Crippen molar-refractivity contribution in [2.24, 2.45) is 5.41 Å². The zero-order valence-electron chi connectivity index (χ0n) is 11.8. The first-order valence-corrected chi connectivity index (χ1v) is 6.83. The molecule has 0 aliphatic heterocycles. The number of hydrogen-bond acceptors (Lipinski definition) is 1. The SMILES string of the molecule is CN(C(=O)C(C)(C)C)[C@@H](c1ccc(Br)cc1)C(F)(F)F. The van der Waals surface area contributed by atoms with Gasteiger partial charge in [0, 0.05) is 16.9 Å². The van der Waals surface area contributed by atoms with E-state index in [2.05, 4.69) is 15.9 Å². The lowest BCUT2D eigenvalue weighted by Gasteiger charge is -2.34. The third kappa shape index (κ3) is 3.98. The Morgan fingerprint density at radius 1 is 1.15 bits per heavy atom. The summed E-state index contributed by atoms with van der Waals surface area (Å²) in [5.74, 6) is -0.553. The van der Waals surface area contributed by atoms with E-state index in [4.69, 9.17) is 0 Å². The van der Waals surface area contributed by atoms with Gasteiger partial charge in [0.2, 0.25) is 5.91 Å². The third-order valence-electron chi connectivity index (χ3n) is 2.85. The largest absolute Gasteiger partial charge is 0.413 e. The molecular formula is C14H17BrF3NO. The van der Waals surface area contributed by atoms with Crippen LogP contribution in [0.3, 0.4) is 0 Å². The Hall–Kier alpha value is -1.04. The fourth-order valence-corrected chi connectivity index (χ4v) is 2.19. The molecule has 0 saturated carbocycles. The van der Waals surface area contributed by atoms with Crippen molar-refractivity contribution < 1.29 is 18.0 Å². The molecule has 1 aromatic carbocycles. The summed E-state index contributed by atoms with van der Waals surface area (Å²) in [5, 5.41) is 0. The van der Waals surface area contributed by atoms with Crippen LogP contribution in [0.1, 0.15) is 32.4 Å². The fourth-order valence-electron chi connectivity index (χ4n) is 1.92. The van der Waals surface area contributed by atoms with Crippen molar-refractivity contribution in [2.75, 3.05) is 7.05 Å². The molecule has 0 bridgehead atoms. The lowest BCUT2D eigenvalue weighted by atomic mass is 9.93. The second kappa shape index (κ2) is 5.76. The lowest BCUT2D eigenvalue weighted by molar-refractivity contribution is -0.192. The van der Waals surface area contributed by atoms with E-state index < -0.39 is 23.5 Å². The molecule has 1 rings (SSSR count). The zero-order chi connectivity index (χ0) is 15.7. The predicted octanol–water partition coefficient (Wildman–Crippen LogP) is 4.56. The van der Waals surface area contributed by atoms with Crippen LogP contribution in [-0.2, 0) is 4.79 Å². The minimum Gasteiger partial charge on any atom is -0.329 e. The van der Waals surface area contributed by atoms with Crippen LogP contribution in [0.25, 0.3) is 0 Å². The molecule has 2 nitrogen and oxygen atoms in total. The molecule has 0 spiro atoms. The normalized spacial score (nSPS) is 14.0. The number of hydrogen-bond donors (Lipinski definition) is 0. The number of benzene rings is 1. The molecule has 0 aliphatic carbocycles. The Kier molecular flexibility index (Phi) is 4.90.